The monoisotopic (exact) mass is 283 g/mol. The molecule has 0 saturated heterocycles. The summed E-state index contributed by atoms with van der Waals surface area (Å²) in [6, 6.07) is 11.0. The van der Waals surface area contributed by atoms with Crippen LogP contribution in [0.3, 0.4) is 0 Å². The molecule has 2 aromatic rings. The van der Waals surface area contributed by atoms with Crippen molar-refractivity contribution in [2.24, 2.45) is 0 Å². The second-order valence-electron chi connectivity index (χ2n) is 4.37. The second-order valence-corrected chi connectivity index (χ2v) is 4.37. The van der Waals surface area contributed by atoms with Gasteiger partial charge in [0.25, 0.3) is 0 Å². The Labute approximate surface area is 122 Å². The molecular formula is C16H13NO4. The lowest BCUT2D eigenvalue weighted by Gasteiger charge is -2.24. The lowest BCUT2D eigenvalue weighted by Crippen LogP contribution is -2.27. The van der Waals surface area contributed by atoms with E-state index in [0.29, 0.717) is 16.8 Å². The number of carbonyl (C=O) groups is 2. The van der Waals surface area contributed by atoms with E-state index in [1.54, 1.807) is 30.3 Å². The molecule has 0 bridgehead atoms. The summed E-state index contributed by atoms with van der Waals surface area (Å²) in [5.41, 5.74) is 0.963. The van der Waals surface area contributed by atoms with Gasteiger partial charge >= 0.3 is 12.1 Å². The van der Waals surface area contributed by atoms with Crippen molar-refractivity contribution in [1.29, 1.82) is 0 Å². The van der Waals surface area contributed by atoms with E-state index in [0.717, 1.165) is 4.90 Å². The Morgan fingerprint density at radius 2 is 1.52 bits per heavy atom. The molecule has 0 atom stereocenters. The fourth-order valence-corrected chi connectivity index (χ4v) is 2.08. The molecule has 5 nitrogen and oxygen atoms in total. The van der Waals surface area contributed by atoms with Crippen LogP contribution < -0.4 is 4.90 Å². The van der Waals surface area contributed by atoms with E-state index in [2.05, 4.69) is 13.8 Å². The van der Waals surface area contributed by atoms with Crippen molar-refractivity contribution in [3.8, 4) is 0 Å². The first-order chi connectivity index (χ1) is 9.93. The molecule has 5 heteroatoms. The molecule has 0 aliphatic carbocycles. The topological polar surface area (TPSA) is 77.8 Å². The van der Waals surface area contributed by atoms with E-state index in [9.17, 15) is 19.8 Å². The molecule has 0 fully saturated rings. The summed E-state index contributed by atoms with van der Waals surface area (Å²) >= 11 is 0. The molecule has 0 aliphatic heterocycles. The van der Waals surface area contributed by atoms with Gasteiger partial charge in [-0.25, -0.2) is 14.5 Å². The summed E-state index contributed by atoms with van der Waals surface area (Å²) in [6.07, 6.45) is -1.30. The Morgan fingerprint density at radius 3 is 2.10 bits per heavy atom. The van der Waals surface area contributed by atoms with Gasteiger partial charge < -0.3 is 10.2 Å². The minimum Gasteiger partial charge on any atom is -0.478 e. The Morgan fingerprint density at radius 1 is 0.905 bits per heavy atom. The van der Waals surface area contributed by atoms with Crippen LogP contribution in [-0.4, -0.2) is 22.3 Å². The third-order valence-corrected chi connectivity index (χ3v) is 3.00. The molecule has 0 aliphatic rings. The van der Waals surface area contributed by atoms with E-state index in [-0.39, 0.29) is 11.3 Å². The summed E-state index contributed by atoms with van der Waals surface area (Å²) < 4.78 is 0. The quantitative estimate of drug-likeness (QED) is 0.902. The van der Waals surface area contributed by atoms with E-state index in [1.165, 1.54) is 12.1 Å². The smallest absolute Gasteiger partial charge is 0.416 e. The maximum absolute atomic E-state index is 11.7. The van der Waals surface area contributed by atoms with Crippen molar-refractivity contribution < 1.29 is 19.8 Å². The standard InChI is InChI=1S/C16H13NO4/c1-10-6-3-4-9-13(10)17(16(20)21)14-11(2)7-5-8-12(14)15(18)19/h3-9H,1-2H2,(H,18,19)(H,20,21). The molecule has 21 heavy (non-hydrogen) atoms. The number of amides is 1. The van der Waals surface area contributed by atoms with Gasteiger partial charge in [-0.3, -0.25) is 0 Å². The summed E-state index contributed by atoms with van der Waals surface area (Å²) in [5.74, 6) is -1.22. The number of rotatable bonds is 3. The van der Waals surface area contributed by atoms with Crippen molar-refractivity contribution in [2.75, 3.05) is 4.90 Å². The van der Waals surface area contributed by atoms with Gasteiger partial charge in [0.2, 0.25) is 0 Å². The largest absolute Gasteiger partial charge is 0.478 e. The molecular weight excluding hydrogens is 270 g/mol. The molecule has 2 radical (unpaired) electrons. The van der Waals surface area contributed by atoms with Gasteiger partial charge in [0.15, 0.2) is 0 Å². The SMILES string of the molecule is [CH2]c1ccccc1N(C(=O)O)c1c([CH2])cccc1C(=O)O. The first-order valence-corrected chi connectivity index (χ1v) is 6.05. The Hall–Kier alpha value is -2.82. The number of aromatic carboxylic acids is 1. The Bertz CT molecular complexity index is 709. The molecule has 106 valence electrons. The fraction of sp³-hybridized carbons (Fsp3) is 0. The number of carboxylic acid groups (broad SMARTS) is 2. The fourth-order valence-electron chi connectivity index (χ4n) is 2.08. The third kappa shape index (κ3) is 2.72. The lowest BCUT2D eigenvalue weighted by atomic mass is 10.0. The van der Waals surface area contributed by atoms with Crippen LogP contribution in [0.2, 0.25) is 0 Å². The average molecular weight is 283 g/mol. The van der Waals surface area contributed by atoms with Gasteiger partial charge in [-0.15, -0.1) is 0 Å². The Balaban J connectivity index is 2.74. The van der Waals surface area contributed by atoms with Crippen molar-refractivity contribution in [3.63, 3.8) is 0 Å². The van der Waals surface area contributed by atoms with E-state index in [1.807, 2.05) is 0 Å². The first kappa shape index (κ1) is 14.6. The van der Waals surface area contributed by atoms with Crippen LogP contribution in [0.5, 0.6) is 0 Å². The number of hydrogen-bond acceptors (Lipinski definition) is 2. The zero-order valence-electron chi connectivity index (χ0n) is 11.1. The van der Waals surface area contributed by atoms with E-state index in [4.69, 9.17) is 0 Å². The minimum atomic E-state index is -1.30. The van der Waals surface area contributed by atoms with Gasteiger partial charge in [0.05, 0.1) is 16.9 Å². The van der Waals surface area contributed by atoms with Crippen LogP contribution in [0.15, 0.2) is 42.5 Å². The maximum atomic E-state index is 11.7. The molecule has 2 aromatic carbocycles. The molecule has 0 saturated carbocycles. The first-order valence-electron chi connectivity index (χ1n) is 6.05. The third-order valence-electron chi connectivity index (χ3n) is 3.00. The number of para-hydroxylation sites is 2. The van der Waals surface area contributed by atoms with Gasteiger partial charge in [-0.1, -0.05) is 30.3 Å². The van der Waals surface area contributed by atoms with Crippen LogP contribution in [0.1, 0.15) is 21.5 Å². The van der Waals surface area contributed by atoms with Crippen LogP contribution in [-0.2, 0) is 0 Å². The number of carboxylic acids is 1. The predicted molar refractivity (Wildman–Crippen MR) is 78.9 cm³/mol. The van der Waals surface area contributed by atoms with Crippen molar-refractivity contribution >= 4 is 23.4 Å². The van der Waals surface area contributed by atoms with E-state index < -0.39 is 12.1 Å². The van der Waals surface area contributed by atoms with Gasteiger partial charge in [0.1, 0.15) is 0 Å². The number of benzene rings is 2. The highest BCUT2D eigenvalue weighted by atomic mass is 16.4. The molecule has 0 heterocycles. The summed E-state index contributed by atoms with van der Waals surface area (Å²) in [4.78, 5) is 23.9. The van der Waals surface area contributed by atoms with Gasteiger partial charge in [0, 0.05) is 0 Å². The highest BCUT2D eigenvalue weighted by Crippen LogP contribution is 2.33. The molecule has 2 N–H and O–H groups in total. The number of hydrogen-bond donors (Lipinski definition) is 2. The second kappa shape index (κ2) is 5.66. The van der Waals surface area contributed by atoms with E-state index >= 15 is 0 Å². The molecule has 0 spiro atoms. The molecule has 1 amide bonds. The van der Waals surface area contributed by atoms with Crippen molar-refractivity contribution in [2.45, 2.75) is 0 Å². The van der Waals surface area contributed by atoms with Crippen molar-refractivity contribution in [3.05, 3.63) is 73.0 Å². The summed E-state index contributed by atoms with van der Waals surface area (Å²) in [5, 5.41) is 18.8. The Kier molecular flexibility index (Phi) is 3.93. The number of nitrogens with zero attached hydrogens (tertiary/aromatic N) is 1. The zero-order valence-corrected chi connectivity index (χ0v) is 11.1. The molecule has 0 unspecified atom stereocenters. The minimum absolute atomic E-state index is 0.0219. The van der Waals surface area contributed by atoms with Gasteiger partial charge in [-0.2, -0.15) is 0 Å². The average Bonchev–Trinajstić information content (AvgIpc) is 2.42. The maximum Gasteiger partial charge on any atom is 0.416 e. The molecule has 0 aromatic heterocycles. The van der Waals surface area contributed by atoms with Crippen LogP contribution in [0, 0.1) is 13.8 Å². The lowest BCUT2D eigenvalue weighted by molar-refractivity contribution is 0.0697. The summed E-state index contributed by atoms with van der Waals surface area (Å²) in [6.45, 7) is 7.51. The van der Waals surface area contributed by atoms with Crippen LogP contribution >= 0.6 is 0 Å². The normalized spacial score (nSPS) is 10.2. The predicted octanol–water partition coefficient (Wildman–Crippen LogP) is 3.57. The van der Waals surface area contributed by atoms with Crippen LogP contribution in [0.25, 0.3) is 0 Å². The summed E-state index contributed by atoms with van der Waals surface area (Å²) in [7, 11) is 0. The highest BCUT2D eigenvalue weighted by molar-refractivity contribution is 6.05. The van der Waals surface area contributed by atoms with Gasteiger partial charge in [-0.05, 0) is 37.1 Å². The molecule has 2 rings (SSSR count). The highest BCUT2D eigenvalue weighted by Gasteiger charge is 2.25. The van der Waals surface area contributed by atoms with Crippen molar-refractivity contribution in [1.82, 2.24) is 0 Å². The number of anilines is 2. The van der Waals surface area contributed by atoms with Crippen LogP contribution in [0.4, 0.5) is 16.2 Å². The zero-order chi connectivity index (χ0) is 15.6.